The molecule has 0 saturated heterocycles. The van der Waals surface area contributed by atoms with Crippen LogP contribution in [0.1, 0.15) is 42.5 Å². The number of pyridine rings is 1. The molecule has 9 heteroatoms. The van der Waals surface area contributed by atoms with Crippen molar-refractivity contribution in [3.05, 3.63) is 53.5 Å². The molecule has 0 unspecified atom stereocenters. The van der Waals surface area contributed by atoms with Crippen LogP contribution in [0.4, 0.5) is 11.8 Å². The Kier molecular flexibility index (Phi) is 5.57. The largest absolute Gasteiger partial charge is 0.457 e. The van der Waals surface area contributed by atoms with Gasteiger partial charge in [-0.25, -0.2) is 4.98 Å². The molecule has 9 nitrogen and oxygen atoms in total. The molecule has 0 aliphatic rings. The number of aryl methyl sites for hydroxylation is 3. The van der Waals surface area contributed by atoms with Gasteiger partial charge < -0.3 is 19.9 Å². The first-order valence-electron chi connectivity index (χ1n) is 10.7. The number of hydrogen-bond acceptors (Lipinski definition) is 6. The van der Waals surface area contributed by atoms with Crippen LogP contribution in [0.3, 0.4) is 0 Å². The molecule has 2 N–H and O–H groups in total. The van der Waals surface area contributed by atoms with Crippen LogP contribution >= 0.6 is 0 Å². The molecule has 4 aromatic rings. The van der Waals surface area contributed by atoms with Crippen molar-refractivity contribution >= 4 is 28.7 Å². The van der Waals surface area contributed by atoms with E-state index in [4.69, 9.17) is 9.72 Å². The van der Waals surface area contributed by atoms with Crippen molar-refractivity contribution in [3.8, 4) is 11.5 Å². The zero-order valence-electron chi connectivity index (χ0n) is 20.0. The van der Waals surface area contributed by atoms with E-state index in [1.165, 1.54) is 0 Å². The second kappa shape index (κ2) is 8.23. The van der Waals surface area contributed by atoms with Crippen molar-refractivity contribution in [2.24, 2.45) is 14.1 Å². The summed E-state index contributed by atoms with van der Waals surface area (Å²) in [6, 6.07) is 9.20. The average molecular weight is 448 g/mol. The number of benzene rings is 1. The minimum absolute atomic E-state index is 0.0442. The maximum absolute atomic E-state index is 11.9. The minimum Gasteiger partial charge on any atom is -0.457 e. The molecule has 0 bridgehead atoms. The third-order valence-electron chi connectivity index (χ3n) is 5.55. The second-order valence-electron chi connectivity index (χ2n) is 9.02. The number of ether oxygens (including phenoxy) is 1. The molecule has 3 aromatic heterocycles. The van der Waals surface area contributed by atoms with Crippen LogP contribution < -0.4 is 15.4 Å². The van der Waals surface area contributed by atoms with Crippen LogP contribution in [0.2, 0.25) is 0 Å². The van der Waals surface area contributed by atoms with Gasteiger partial charge in [0.05, 0.1) is 16.7 Å². The number of imidazole rings is 1. The standard InChI is InChI=1S/C24H29N7O2/c1-14-18(33-15-10-11-26-17(12-15)22(32)25-5)9-8-16-21(14)30(6)23(27-16)28-20-13-19(24(2,3)4)29-31(20)7/h8-13H,1-7H3,(H,25,32)(H,27,28). The number of nitrogens with zero attached hydrogens (tertiary/aromatic N) is 5. The number of anilines is 2. The lowest BCUT2D eigenvalue weighted by molar-refractivity contribution is 0.0958. The Labute approximate surface area is 192 Å². The van der Waals surface area contributed by atoms with E-state index in [9.17, 15) is 4.79 Å². The normalized spacial score (nSPS) is 11.6. The number of fused-ring (bicyclic) bond motifs is 1. The van der Waals surface area contributed by atoms with E-state index in [2.05, 4.69) is 41.5 Å². The number of nitrogens with one attached hydrogen (secondary N) is 2. The van der Waals surface area contributed by atoms with E-state index in [1.54, 1.807) is 25.4 Å². The molecule has 0 saturated carbocycles. The lowest BCUT2D eigenvalue weighted by atomic mass is 9.92. The predicted molar refractivity (Wildman–Crippen MR) is 128 cm³/mol. The van der Waals surface area contributed by atoms with Gasteiger partial charge in [-0.05, 0) is 25.1 Å². The first-order valence-corrected chi connectivity index (χ1v) is 10.7. The van der Waals surface area contributed by atoms with Crippen LogP contribution in [0.15, 0.2) is 36.5 Å². The van der Waals surface area contributed by atoms with E-state index in [-0.39, 0.29) is 11.3 Å². The van der Waals surface area contributed by atoms with Crippen LogP contribution in [-0.4, -0.2) is 37.3 Å². The zero-order chi connectivity index (χ0) is 23.9. The third-order valence-corrected chi connectivity index (χ3v) is 5.55. The van der Waals surface area contributed by atoms with Crippen LogP contribution in [-0.2, 0) is 19.5 Å². The minimum atomic E-state index is -0.264. The summed E-state index contributed by atoms with van der Waals surface area (Å²) in [5.74, 6) is 2.53. The molecule has 0 radical (unpaired) electrons. The highest BCUT2D eigenvalue weighted by Gasteiger charge is 2.20. The first kappa shape index (κ1) is 22.3. The first-order chi connectivity index (χ1) is 15.6. The summed E-state index contributed by atoms with van der Waals surface area (Å²) >= 11 is 0. The van der Waals surface area contributed by atoms with Gasteiger partial charge in [-0.1, -0.05) is 20.8 Å². The molecule has 0 spiro atoms. The molecule has 33 heavy (non-hydrogen) atoms. The van der Waals surface area contributed by atoms with Crippen molar-refractivity contribution in [3.63, 3.8) is 0 Å². The van der Waals surface area contributed by atoms with E-state index in [1.807, 2.05) is 48.5 Å². The Morgan fingerprint density at radius 1 is 1.12 bits per heavy atom. The summed E-state index contributed by atoms with van der Waals surface area (Å²) in [6.45, 7) is 8.41. The molecule has 4 rings (SSSR count). The number of amides is 1. The highest BCUT2D eigenvalue weighted by Crippen LogP contribution is 2.33. The van der Waals surface area contributed by atoms with Gasteiger partial charge in [0, 0.05) is 50.5 Å². The van der Waals surface area contributed by atoms with Crippen molar-refractivity contribution < 1.29 is 9.53 Å². The zero-order valence-corrected chi connectivity index (χ0v) is 20.0. The Hall–Kier alpha value is -3.88. The molecular formula is C24H29N7O2. The molecule has 1 aromatic carbocycles. The van der Waals surface area contributed by atoms with Crippen molar-refractivity contribution in [2.45, 2.75) is 33.1 Å². The van der Waals surface area contributed by atoms with E-state index in [0.29, 0.717) is 23.1 Å². The van der Waals surface area contributed by atoms with Crippen molar-refractivity contribution in [2.75, 3.05) is 12.4 Å². The molecule has 172 valence electrons. The molecule has 0 aliphatic heterocycles. The fourth-order valence-electron chi connectivity index (χ4n) is 3.62. The summed E-state index contributed by atoms with van der Waals surface area (Å²) in [5, 5.41) is 10.6. The quantitative estimate of drug-likeness (QED) is 0.476. The van der Waals surface area contributed by atoms with Crippen molar-refractivity contribution in [1.82, 2.24) is 29.6 Å². The maximum atomic E-state index is 11.9. The van der Waals surface area contributed by atoms with Gasteiger partial charge in [0.2, 0.25) is 5.95 Å². The van der Waals surface area contributed by atoms with Crippen molar-refractivity contribution in [1.29, 1.82) is 0 Å². The molecule has 0 atom stereocenters. The highest BCUT2D eigenvalue weighted by atomic mass is 16.5. The summed E-state index contributed by atoms with van der Waals surface area (Å²) < 4.78 is 9.93. The van der Waals surface area contributed by atoms with Gasteiger partial charge in [0.25, 0.3) is 5.91 Å². The predicted octanol–water partition coefficient (Wildman–Crippen LogP) is 4.20. The molecule has 0 fully saturated rings. The van der Waals surface area contributed by atoms with Gasteiger partial charge >= 0.3 is 0 Å². The number of carbonyl (C=O) groups excluding carboxylic acids is 1. The lowest BCUT2D eigenvalue weighted by Crippen LogP contribution is -2.18. The van der Waals surface area contributed by atoms with Gasteiger partial charge in [-0.15, -0.1) is 0 Å². The third kappa shape index (κ3) is 4.26. The fraction of sp³-hybridized carbons (Fsp3) is 0.333. The van der Waals surface area contributed by atoms with Crippen LogP contribution in [0.25, 0.3) is 11.0 Å². The smallest absolute Gasteiger partial charge is 0.269 e. The van der Waals surface area contributed by atoms with E-state index >= 15 is 0 Å². The van der Waals surface area contributed by atoms with Gasteiger partial charge in [-0.3, -0.25) is 14.5 Å². The van der Waals surface area contributed by atoms with Crippen LogP contribution in [0.5, 0.6) is 11.5 Å². The summed E-state index contributed by atoms with van der Waals surface area (Å²) in [4.78, 5) is 20.7. The van der Waals surface area contributed by atoms with E-state index in [0.717, 1.165) is 28.1 Å². The van der Waals surface area contributed by atoms with E-state index < -0.39 is 0 Å². The number of carbonyl (C=O) groups is 1. The number of aromatic nitrogens is 5. The Balaban J connectivity index is 1.66. The van der Waals surface area contributed by atoms with Gasteiger partial charge in [0.1, 0.15) is 23.0 Å². The summed E-state index contributed by atoms with van der Waals surface area (Å²) in [7, 11) is 5.45. The Bertz CT molecular complexity index is 1350. The Morgan fingerprint density at radius 3 is 2.55 bits per heavy atom. The molecule has 1 amide bonds. The fourth-order valence-corrected chi connectivity index (χ4v) is 3.62. The number of hydrogen-bond donors (Lipinski definition) is 2. The summed E-state index contributed by atoms with van der Waals surface area (Å²) in [5.41, 5.74) is 4.00. The lowest BCUT2D eigenvalue weighted by Gasteiger charge is -2.13. The second-order valence-corrected chi connectivity index (χ2v) is 9.02. The summed E-state index contributed by atoms with van der Waals surface area (Å²) in [6.07, 6.45) is 1.56. The number of rotatable bonds is 5. The monoisotopic (exact) mass is 447 g/mol. The van der Waals surface area contributed by atoms with Crippen LogP contribution in [0, 0.1) is 6.92 Å². The topological polar surface area (TPSA) is 98.9 Å². The molecule has 3 heterocycles. The van der Waals surface area contributed by atoms with Gasteiger partial charge in [0.15, 0.2) is 0 Å². The Morgan fingerprint density at radius 2 is 1.88 bits per heavy atom. The average Bonchev–Trinajstić information content (AvgIpc) is 3.30. The SMILES string of the molecule is CNC(=O)c1cc(Oc2ccc3nc(Nc4cc(C(C)(C)C)nn4C)n(C)c3c2C)ccn1. The maximum Gasteiger partial charge on any atom is 0.269 e. The highest BCUT2D eigenvalue weighted by molar-refractivity contribution is 5.92. The van der Waals surface area contributed by atoms with Gasteiger partial charge in [-0.2, -0.15) is 5.10 Å². The molecule has 0 aliphatic carbocycles. The molecular weight excluding hydrogens is 418 g/mol.